The van der Waals surface area contributed by atoms with Gasteiger partial charge in [-0.05, 0) is 30.4 Å². The Labute approximate surface area is 156 Å². The third-order valence-corrected chi connectivity index (χ3v) is 4.28. The van der Waals surface area contributed by atoms with Crippen molar-refractivity contribution in [2.24, 2.45) is 5.41 Å². The number of fused-ring (bicyclic) bond motifs is 1. The van der Waals surface area contributed by atoms with Crippen LogP contribution in [0.5, 0.6) is 0 Å². The minimum Gasteiger partial charge on any atom is -0.480 e. The Hall–Kier alpha value is -2.90. The van der Waals surface area contributed by atoms with Crippen LogP contribution in [-0.2, 0) is 16.1 Å². The molecule has 0 saturated carbocycles. The number of H-pyrrole nitrogens is 1. The highest BCUT2D eigenvalue weighted by molar-refractivity contribution is 5.83. The molecular weight excluding hydrogens is 350 g/mol. The summed E-state index contributed by atoms with van der Waals surface area (Å²) in [5.41, 5.74) is -0.694. The first-order valence-corrected chi connectivity index (χ1v) is 8.82. The second-order valence-corrected chi connectivity index (χ2v) is 7.74. The molecule has 27 heavy (non-hydrogen) atoms. The fourth-order valence-corrected chi connectivity index (χ4v) is 2.78. The average Bonchev–Trinajstić information content (AvgIpc) is 2.57. The molecule has 0 aliphatic rings. The number of aliphatic carboxylic acids is 1. The van der Waals surface area contributed by atoms with Crippen molar-refractivity contribution in [1.29, 1.82) is 0 Å². The maximum atomic E-state index is 12.2. The average molecular weight is 375 g/mol. The van der Waals surface area contributed by atoms with Gasteiger partial charge in [0.25, 0.3) is 5.56 Å². The fraction of sp³-hybridized carbons (Fsp3) is 0.474. The number of rotatable bonds is 7. The Kier molecular flexibility index (Phi) is 6.20. The minimum atomic E-state index is -1.08. The van der Waals surface area contributed by atoms with Crippen molar-refractivity contribution < 1.29 is 14.7 Å². The highest BCUT2D eigenvalue weighted by Crippen LogP contribution is 2.21. The normalized spacial score (nSPS) is 12.7. The van der Waals surface area contributed by atoms with Gasteiger partial charge in [0.15, 0.2) is 0 Å². The second-order valence-electron chi connectivity index (χ2n) is 7.74. The Morgan fingerprint density at radius 2 is 1.89 bits per heavy atom. The molecule has 0 radical (unpaired) electrons. The lowest BCUT2D eigenvalue weighted by Crippen LogP contribution is -2.42. The Morgan fingerprint density at radius 3 is 2.52 bits per heavy atom. The van der Waals surface area contributed by atoms with Crippen LogP contribution in [-0.4, -0.2) is 32.6 Å². The molecular formula is C19H25N3O5. The second kappa shape index (κ2) is 8.20. The summed E-state index contributed by atoms with van der Waals surface area (Å²) in [6.45, 7) is 6.04. The zero-order chi connectivity index (χ0) is 20.2. The summed E-state index contributed by atoms with van der Waals surface area (Å²) in [4.78, 5) is 49.8. The molecule has 0 aliphatic carbocycles. The van der Waals surface area contributed by atoms with E-state index in [1.54, 1.807) is 24.3 Å². The molecule has 146 valence electrons. The van der Waals surface area contributed by atoms with Crippen LogP contribution in [0.2, 0.25) is 0 Å². The lowest BCUT2D eigenvalue weighted by atomic mass is 9.88. The molecule has 1 aromatic heterocycles. The first-order valence-electron chi connectivity index (χ1n) is 8.82. The van der Waals surface area contributed by atoms with Gasteiger partial charge >= 0.3 is 11.7 Å². The third-order valence-electron chi connectivity index (χ3n) is 4.28. The molecule has 1 heterocycles. The summed E-state index contributed by atoms with van der Waals surface area (Å²) >= 11 is 0. The van der Waals surface area contributed by atoms with Crippen LogP contribution in [0, 0.1) is 5.41 Å². The number of nitrogens with zero attached hydrogens (tertiary/aromatic N) is 1. The molecule has 0 saturated heterocycles. The Balaban J connectivity index is 2.09. The van der Waals surface area contributed by atoms with Crippen LogP contribution in [0.25, 0.3) is 10.9 Å². The number of hydrogen-bond acceptors (Lipinski definition) is 4. The number of aryl methyl sites for hydroxylation is 1. The fourth-order valence-electron chi connectivity index (χ4n) is 2.78. The predicted molar refractivity (Wildman–Crippen MR) is 102 cm³/mol. The molecule has 2 aromatic rings. The number of hydrogen-bond donors (Lipinski definition) is 3. The lowest BCUT2D eigenvalue weighted by molar-refractivity contribution is -0.142. The largest absolute Gasteiger partial charge is 0.480 e. The number of aromatic amines is 1. The molecule has 0 bridgehead atoms. The highest BCUT2D eigenvalue weighted by Gasteiger charge is 2.22. The van der Waals surface area contributed by atoms with E-state index in [9.17, 15) is 24.3 Å². The first-order chi connectivity index (χ1) is 12.6. The number of carbonyl (C=O) groups is 2. The number of aromatic nitrogens is 2. The standard InChI is InChI=1S/C19H25N3O5/c1-19(2,3)10-8-13(17(25)26)20-15(23)9-11-22-14-7-5-4-6-12(14)16(24)21-18(22)27/h4-7,13H,8-11H2,1-3H3,(H,20,23)(H,25,26)(H,21,24,27). The van der Waals surface area contributed by atoms with Gasteiger partial charge in [-0.15, -0.1) is 0 Å². The maximum absolute atomic E-state index is 12.2. The molecule has 1 amide bonds. The van der Waals surface area contributed by atoms with E-state index >= 15 is 0 Å². The van der Waals surface area contributed by atoms with Crippen molar-refractivity contribution in [3.63, 3.8) is 0 Å². The monoisotopic (exact) mass is 375 g/mol. The van der Waals surface area contributed by atoms with E-state index in [-0.39, 0.29) is 18.4 Å². The summed E-state index contributed by atoms with van der Waals surface area (Å²) in [6.07, 6.45) is 0.898. The number of carbonyl (C=O) groups excluding carboxylic acids is 1. The summed E-state index contributed by atoms with van der Waals surface area (Å²) in [5, 5.41) is 12.2. The van der Waals surface area contributed by atoms with Gasteiger partial charge in [-0.1, -0.05) is 32.9 Å². The van der Waals surface area contributed by atoms with Crippen LogP contribution in [0.15, 0.2) is 33.9 Å². The first kappa shape index (κ1) is 20.4. The summed E-state index contributed by atoms with van der Waals surface area (Å²) in [7, 11) is 0. The van der Waals surface area contributed by atoms with Crippen LogP contribution < -0.4 is 16.6 Å². The molecule has 1 atom stereocenters. The zero-order valence-electron chi connectivity index (χ0n) is 15.7. The van der Waals surface area contributed by atoms with Gasteiger partial charge in [0, 0.05) is 13.0 Å². The molecule has 1 aromatic carbocycles. The molecule has 8 nitrogen and oxygen atoms in total. The van der Waals surface area contributed by atoms with Crippen molar-refractivity contribution in [3.8, 4) is 0 Å². The van der Waals surface area contributed by atoms with Gasteiger partial charge in [0.05, 0.1) is 10.9 Å². The van der Waals surface area contributed by atoms with Crippen LogP contribution in [0.4, 0.5) is 0 Å². The van der Waals surface area contributed by atoms with E-state index in [0.717, 1.165) is 0 Å². The zero-order valence-corrected chi connectivity index (χ0v) is 15.7. The number of carboxylic acids is 1. The van der Waals surface area contributed by atoms with E-state index in [1.807, 2.05) is 20.8 Å². The summed E-state index contributed by atoms with van der Waals surface area (Å²) < 4.78 is 1.31. The van der Waals surface area contributed by atoms with Crippen molar-refractivity contribution in [2.75, 3.05) is 0 Å². The summed E-state index contributed by atoms with van der Waals surface area (Å²) in [5.74, 6) is -1.54. The van der Waals surface area contributed by atoms with E-state index in [4.69, 9.17) is 0 Å². The molecule has 1 unspecified atom stereocenters. The van der Waals surface area contributed by atoms with Crippen molar-refractivity contribution >= 4 is 22.8 Å². The van der Waals surface area contributed by atoms with Crippen LogP contribution >= 0.6 is 0 Å². The summed E-state index contributed by atoms with van der Waals surface area (Å²) in [6, 6.07) is 5.64. The van der Waals surface area contributed by atoms with E-state index in [0.29, 0.717) is 23.7 Å². The molecule has 0 aliphatic heterocycles. The SMILES string of the molecule is CC(C)(C)CCC(NC(=O)CCn1c(=O)[nH]c(=O)c2ccccc21)C(=O)O. The van der Waals surface area contributed by atoms with Crippen molar-refractivity contribution in [3.05, 3.63) is 45.1 Å². The van der Waals surface area contributed by atoms with E-state index in [2.05, 4.69) is 10.3 Å². The van der Waals surface area contributed by atoms with Gasteiger partial charge in [-0.2, -0.15) is 0 Å². The van der Waals surface area contributed by atoms with E-state index in [1.165, 1.54) is 4.57 Å². The maximum Gasteiger partial charge on any atom is 0.328 e. The van der Waals surface area contributed by atoms with Gasteiger partial charge in [-0.3, -0.25) is 19.1 Å². The number of nitrogens with one attached hydrogen (secondary N) is 2. The topological polar surface area (TPSA) is 121 Å². The third kappa shape index (κ3) is 5.54. The van der Waals surface area contributed by atoms with Gasteiger partial charge < -0.3 is 10.4 Å². The smallest absolute Gasteiger partial charge is 0.328 e. The number of para-hydroxylation sites is 1. The Morgan fingerprint density at radius 1 is 1.22 bits per heavy atom. The molecule has 0 fully saturated rings. The van der Waals surface area contributed by atoms with Gasteiger partial charge in [0.1, 0.15) is 6.04 Å². The lowest BCUT2D eigenvalue weighted by Gasteiger charge is -2.21. The predicted octanol–water partition coefficient (Wildman–Crippen LogP) is 1.48. The van der Waals surface area contributed by atoms with Gasteiger partial charge in [0.2, 0.25) is 5.91 Å². The van der Waals surface area contributed by atoms with Gasteiger partial charge in [-0.25, -0.2) is 9.59 Å². The minimum absolute atomic E-state index is 0.0353. The number of carboxylic acid groups (broad SMARTS) is 1. The Bertz CT molecular complexity index is 952. The van der Waals surface area contributed by atoms with Crippen LogP contribution in [0.3, 0.4) is 0 Å². The van der Waals surface area contributed by atoms with Crippen molar-refractivity contribution in [1.82, 2.24) is 14.9 Å². The molecule has 8 heteroatoms. The van der Waals surface area contributed by atoms with Crippen molar-refractivity contribution in [2.45, 2.75) is 52.6 Å². The molecule has 3 N–H and O–H groups in total. The highest BCUT2D eigenvalue weighted by atomic mass is 16.4. The number of benzene rings is 1. The van der Waals surface area contributed by atoms with Crippen LogP contribution in [0.1, 0.15) is 40.0 Å². The molecule has 2 rings (SSSR count). The molecule has 0 spiro atoms. The van der Waals surface area contributed by atoms with E-state index < -0.39 is 29.2 Å². The number of amides is 1. The quantitative estimate of drug-likeness (QED) is 0.677.